The molecule has 1 fully saturated rings. The van der Waals surface area contributed by atoms with E-state index in [0.29, 0.717) is 12.6 Å². The normalized spacial score (nSPS) is 19.2. The quantitative estimate of drug-likeness (QED) is 0.806. The monoisotopic (exact) mass is 222 g/mol. The molecule has 0 aromatic carbocycles. The zero-order valence-electron chi connectivity index (χ0n) is 10.2. The molecular weight excluding hydrogens is 200 g/mol. The largest absolute Gasteiger partial charge is 0.329 e. The van der Waals surface area contributed by atoms with Gasteiger partial charge in [-0.3, -0.25) is 4.68 Å². The number of nitrogens with zero attached hydrogens (tertiary/aromatic N) is 2. The van der Waals surface area contributed by atoms with E-state index in [1.54, 1.807) is 0 Å². The van der Waals surface area contributed by atoms with Gasteiger partial charge in [0.15, 0.2) is 0 Å². The second-order valence-corrected chi connectivity index (χ2v) is 4.78. The molecule has 0 amide bonds. The van der Waals surface area contributed by atoms with Crippen LogP contribution in [0.4, 0.5) is 0 Å². The van der Waals surface area contributed by atoms with E-state index < -0.39 is 0 Å². The number of nitrogens with one attached hydrogen (secondary N) is 1. The van der Waals surface area contributed by atoms with E-state index in [1.807, 2.05) is 18.7 Å². The van der Waals surface area contributed by atoms with Crippen molar-refractivity contribution >= 4 is 0 Å². The number of nitrogens with two attached hydrogens (primary N) is 1. The molecular formula is C12H22N4. The van der Waals surface area contributed by atoms with Gasteiger partial charge in [-0.1, -0.05) is 12.8 Å². The minimum absolute atomic E-state index is 0.261. The Morgan fingerprint density at radius 1 is 1.56 bits per heavy atom. The number of aromatic nitrogens is 2. The second-order valence-electron chi connectivity index (χ2n) is 4.78. The summed E-state index contributed by atoms with van der Waals surface area (Å²) in [4.78, 5) is 0. The molecule has 1 unspecified atom stereocenters. The van der Waals surface area contributed by atoms with Crippen LogP contribution < -0.4 is 11.1 Å². The molecule has 1 aromatic rings. The number of rotatable bonds is 4. The first-order valence-electron chi connectivity index (χ1n) is 6.17. The summed E-state index contributed by atoms with van der Waals surface area (Å²) in [5, 5.41) is 8.03. The molecule has 1 aliphatic carbocycles. The minimum atomic E-state index is 0.261. The molecule has 16 heavy (non-hydrogen) atoms. The van der Waals surface area contributed by atoms with Crippen LogP contribution in [0.15, 0.2) is 6.20 Å². The van der Waals surface area contributed by atoms with Gasteiger partial charge >= 0.3 is 0 Å². The topological polar surface area (TPSA) is 55.9 Å². The highest BCUT2D eigenvalue weighted by atomic mass is 15.3. The maximum Gasteiger partial charge on any atom is 0.0641 e. The predicted octanol–water partition coefficient (Wildman–Crippen LogP) is 1.26. The summed E-state index contributed by atoms with van der Waals surface area (Å²) in [5.41, 5.74) is 8.20. The summed E-state index contributed by atoms with van der Waals surface area (Å²) in [7, 11) is 1.96. The minimum Gasteiger partial charge on any atom is -0.329 e. The van der Waals surface area contributed by atoms with Crippen LogP contribution in [0.1, 0.15) is 43.0 Å². The maximum absolute atomic E-state index is 5.86. The standard InChI is InChI=1S/C12H22N4/c1-9-11(8-16(2)15-9)12(7-13)14-10-5-3-4-6-10/h8,10,12,14H,3-7,13H2,1-2H3. The van der Waals surface area contributed by atoms with Crippen molar-refractivity contribution < 1.29 is 0 Å². The summed E-state index contributed by atoms with van der Waals surface area (Å²) in [5.74, 6) is 0. The fourth-order valence-electron chi connectivity index (χ4n) is 2.62. The van der Waals surface area contributed by atoms with Gasteiger partial charge in [0.1, 0.15) is 0 Å². The van der Waals surface area contributed by atoms with Crippen molar-refractivity contribution in [1.82, 2.24) is 15.1 Å². The summed E-state index contributed by atoms with van der Waals surface area (Å²) in [6.07, 6.45) is 7.35. The molecule has 3 N–H and O–H groups in total. The molecule has 4 heteroatoms. The van der Waals surface area contributed by atoms with Crippen molar-refractivity contribution in [1.29, 1.82) is 0 Å². The van der Waals surface area contributed by atoms with Gasteiger partial charge in [-0.25, -0.2) is 0 Å². The summed E-state index contributed by atoms with van der Waals surface area (Å²) in [6, 6.07) is 0.907. The number of hydrogen-bond donors (Lipinski definition) is 2. The lowest BCUT2D eigenvalue weighted by Crippen LogP contribution is -2.35. The van der Waals surface area contributed by atoms with Gasteiger partial charge < -0.3 is 11.1 Å². The first kappa shape index (κ1) is 11.6. The summed E-state index contributed by atoms with van der Waals surface area (Å²) in [6.45, 7) is 2.69. The lowest BCUT2D eigenvalue weighted by Gasteiger charge is -2.21. The van der Waals surface area contributed by atoms with Gasteiger partial charge in [0.25, 0.3) is 0 Å². The van der Waals surface area contributed by atoms with E-state index in [1.165, 1.54) is 31.2 Å². The highest BCUT2D eigenvalue weighted by Crippen LogP contribution is 2.22. The molecule has 0 radical (unpaired) electrons. The average Bonchev–Trinajstić information content (AvgIpc) is 2.85. The molecule has 90 valence electrons. The highest BCUT2D eigenvalue weighted by Gasteiger charge is 2.21. The Balaban J connectivity index is 2.06. The van der Waals surface area contributed by atoms with E-state index in [0.717, 1.165) is 5.69 Å². The third-order valence-corrected chi connectivity index (χ3v) is 3.45. The Kier molecular flexibility index (Phi) is 3.61. The molecule has 0 spiro atoms. The molecule has 2 rings (SSSR count). The van der Waals surface area contributed by atoms with Crippen LogP contribution in [-0.4, -0.2) is 22.4 Å². The number of hydrogen-bond acceptors (Lipinski definition) is 3. The Labute approximate surface area is 97.2 Å². The summed E-state index contributed by atoms with van der Waals surface area (Å²) < 4.78 is 1.86. The molecule has 0 bridgehead atoms. The number of aryl methyl sites for hydroxylation is 2. The van der Waals surface area contributed by atoms with Gasteiger partial charge in [-0.2, -0.15) is 5.10 Å². The van der Waals surface area contributed by atoms with Crippen molar-refractivity contribution in [2.75, 3.05) is 6.54 Å². The smallest absolute Gasteiger partial charge is 0.0641 e. The fourth-order valence-corrected chi connectivity index (χ4v) is 2.62. The van der Waals surface area contributed by atoms with Gasteiger partial charge in [-0.15, -0.1) is 0 Å². The van der Waals surface area contributed by atoms with Gasteiger partial charge in [0.05, 0.1) is 5.69 Å². The fraction of sp³-hybridized carbons (Fsp3) is 0.750. The zero-order chi connectivity index (χ0) is 11.5. The third kappa shape index (κ3) is 2.44. The van der Waals surface area contributed by atoms with Crippen molar-refractivity contribution in [2.24, 2.45) is 12.8 Å². The summed E-state index contributed by atoms with van der Waals surface area (Å²) >= 11 is 0. The van der Waals surface area contributed by atoms with Crippen LogP contribution in [0, 0.1) is 6.92 Å². The van der Waals surface area contributed by atoms with E-state index in [4.69, 9.17) is 5.73 Å². The van der Waals surface area contributed by atoms with Gasteiger partial charge in [-0.05, 0) is 19.8 Å². The average molecular weight is 222 g/mol. The van der Waals surface area contributed by atoms with Crippen LogP contribution in [0.25, 0.3) is 0 Å². The Hall–Kier alpha value is -0.870. The van der Waals surface area contributed by atoms with Crippen molar-refractivity contribution in [3.05, 3.63) is 17.5 Å². The Morgan fingerprint density at radius 3 is 2.75 bits per heavy atom. The molecule has 1 saturated carbocycles. The van der Waals surface area contributed by atoms with Crippen LogP contribution in [0.3, 0.4) is 0 Å². The van der Waals surface area contributed by atoms with Gasteiger partial charge in [0, 0.05) is 37.4 Å². The van der Waals surface area contributed by atoms with E-state index in [9.17, 15) is 0 Å². The van der Waals surface area contributed by atoms with Crippen LogP contribution in [-0.2, 0) is 7.05 Å². The first-order valence-corrected chi connectivity index (χ1v) is 6.17. The maximum atomic E-state index is 5.86. The molecule has 4 nitrogen and oxygen atoms in total. The van der Waals surface area contributed by atoms with Crippen molar-refractivity contribution in [2.45, 2.75) is 44.7 Å². The predicted molar refractivity (Wildman–Crippen MR) is 65.1 cm³/mol. The molecule has 1 heterocycles. The molecule has 1 atom stereocenters. The van der Waals surface area contributed by atoms with Crippen LogP contribution in [0.5, 0.6) is 0 Å². The van der Waals surface area contributed by atoms with Crippen LogP contribution >= 0.6 is 0 Å². The first-order chi connectivity index (χ1) is 7.70. The van der Waals surface area contributed by atoms with Crippen molar-refractivity contribution in [3.63, 3.8) is 0 Å². The molecule has 1 aromatic heterocycles. The Morgan fingerprint density at radius 2 is 2.25 bits per heavy atom. The molecule has 0 aliphatic heterocycles. The molecule has 0 saturated heterocycles. The van der Waals surface area contributed by atoms with E-state index in [2.05, 4.69) is 16.6 Å². The highest BCUT2D eigenvalue weighted by molar-refractivity contribution is 5.20. The second kappa shape index (κ2) is 4.97. The lowest BCUT2D eigenvalue weighted by atomic mass is 10.1. The third-order valence-electron chi connectivity index (χ3n) is 3.45. The SMILES string of the molecule is Cc1nn(C)cc1C(CN)NC1CCCC1. The lowest BCUT2D eigenvalue weighted by molar-refractivity contribution is 0.443. The van der Waals surface area contributed by atoms with Gasteiger partial charge in [0.2, 0.25) is 0 Å². The van der Waals surface area contributed by atoms with E-state index in [-0.39, 0.29) is 6.04 Å². The zero-order valence-corrected chi connectivity index (χ0v) is 10.2. The molecule has 1 aliphatic rings. The van der Waals surface area contributed by atoms with Crippen molar-refractivity contribution in [3.8, 4) is 0 Å². The Bertz CT molecular complexity index is 339. The van der Waals surface area contributed by atoms with E-state index >= 15 is 0 Å². The van der Waals surface area contributed by atoms with Crippen LogP contribution in [0.2, 0.25) is 0 Å².